The summed E-state index contributed by atoms with van der Waals surface area (Å²) in [4.78, 5) is 4.31. The van der Waals surface area contributed by atoms with Crippen LogP contribution >= 0.6 is 0 Å². The summed E-state index contributed by atoms with van der Waals surface area (Å²) >= 11 is 0. The first-order valence-electron chi connectivity index (χ1n) is 5.11. The van der Waals surface area contributed by atoms with Crippen molar-refractivity contribution in [3.8, 4) is 0 Å². The number of aliphatic hydroxyl groups is 1. The topological polar surface area (TPSA) is 59.2 Å². The Hall–Kier alpha value is -0.900. The zero-order chi connectivity index (χ0) is 10.3. The molecule has 0 aromatic carbocycles. The van der Waals surface area contributed by atoms with E-state index in [2.05, 4.69) is 17.1 Å². The van der Waals surface area contributed by atoms with Gasteiger partial charge in [0.25, 0.3) is 0 Å². The summed E-state index contributed by atoms with van der Waals surface area (Å²) in [7, 11) is 0. The first kappa shape index (κ1) is 9.65. The molecule has 0 amide bonds. The standard InChI is InChI=1S/C10H16N2O2/c1-5-4-8(5)9-11-10(14-12-9)6(2)7(3)13/h5-8,13H,4H2,1-3H3. The van der Waals surface area contributed by atoms with Crippen LogP contribution in [0.3, 0.4) is 0 Å². The van der Waals surface area contributed by atoms with Crippen LogP contribution in [0.4, 0.5) is 0 Å². The Labute approximate surface area is 83.3 Å². The summed E-state index contributed by atoms with van der Waals surface area (Å²) in [6, 6.07) is 0. The molecular formula is C10H16N2O2. The molecule has 4 nitrogen and oxygen atoms in total. The van der Waals surface area contributed by atoms with Crippen molar-refractivity contribution in [2.45, 2.75) is 45.1 Å². The molecule has 1 fully saturated rings. The van der Waals surface area contributed by atoms with E-state index in [1.54, 1.807) is 6.92 Å². The van der Waals surface area contributed by atoms with Gasteiger partial charge in [0.15, 0.2) is 5.82 Å². The number of nitrogens with zero attached hydrogens (tertiary/aromatic N) is 2. The summed E-state index contributed by atoms with van der Waals surface area (Å²) in [5.74, 6) is 2.44. The van der Waals surface area contributed by atoms with Crippen molar-refractivity contribution in [1.82, 2.24) is 10.1 Å². The predicted octanol–water partition coefficient (Wildman–Crippen LogP) is 1.68. The maximum atomic E-state index is 9.36. The second-order valence-electron chi connectivity index (χ2n) is 4.34. The van der Waals surface area contributed by atoms with E-state index in [0.717, 1.165) is 12.2 Å². The Bertz CT molecular complexity index is 322. The fourth-order valence-corrected chi connectivity index (χ4v) is 1.47. The monoisotopic (exact) mass is 196 g/mol. The highest BCUT2D eigenvalue weighted by atomic mass is 16.5. The summed E-state index contributed by atoms with van der Waals surface area (Å²) in [5, 5.41) is 13.3. The molecule has 1 aliphatic carbocycles. The van der Waals surface area contributed by atoms with Crippen LogP contribution in [0.5, 0.6) is 0 Å². The number of rotatable bonds is 3. The van der Waals surface area contributed by atoms with Crippen LogP contribution in [0.25, 0.3) is 0 Å². The van der Waals surface area contributed by atoms with Crippen LogP contribution in [0, 0.1) is 5.92 Å². The van der Waals surface area contributed by atoms with Crippen molar-refractivity contribution in [1.29, 1.82) is 0 Å². The van der Waals surface area contributed by atoms with Gasteiger partial charge in [-0.25, -0.2) is 0 Å². The Balaban J connectivity index is 2.10. The lowest BCUT2D eigenvalue weighted by atomic mass is 10.1. The van der Waals surface area contributed by atoms with E-state index in [4.69, 9.17) is 4.52 Å². The summed E-state index contributed by atoms with van der Waals surface area (Å²) in [6.45, 7) is 5.80. The minimum Gasteiger partial charge on any atom is -0.393 e. The van der Waals surface area contributed by atoms with E-state index in [9.17, 15) is 5.11 Å². The Morgan fingerprint density at radius 3 is 2.64 bits per heavy atom. The van der Waals surface area contributed by atoms with E-state index in [0.29, 0.717) is 17.7 Å². The average molecular weight is 196 g/mol. The summed E-state index contributed by atoms with van der Waals surface area (Å²) in [5.41, 5.74) is 0. The lowest BCUT2D eigenvalue weighted by Crippen LogP contribution is -2.11. The molecule has 78 valence electrons. The Morgan fingerprint density at radius 1 is 1.50 bits per heavy atom. The van der Waals surface area contributed by atoms with Gasteiger partial charge in [0.05, 0.1) is 12.0 Å². The normalized spacial score (nSPS) is 30.0. The zero-order valence-electron chi connectivity index (χ0n) is 8.77. The third-order valence-electron chi connectivity index (χ3n) is 3.01. The third-order valence-corrected chi connectivity index (χ3v) is 3.01. The molecule has 0 saturated heterocycles. The molecule has 4 unspecified atom stereocenters. The molecule has 0 spiro atoms. The fraction of sp³-hybridized carbons (Fsp3) is 0.800. The highest BCUT2D eigenvalue weighted by Crippen LogP contribution is 2.45. The van der Waals surface area contributed by atoms with Crippen LogP contribution in [0.2, 0.25) is 0 Å². The second kappa shape index (κ2) is 3.35. The first-order chi connectivity index (χ1) is 6.59. The molecule has 0 radical (unpaired) electrons. The van der Waals surface area contributed by atoms with Crippen molar-refractivity contribution >= 4 is 0 Å². The van der Waals surface area contributed by atoms with Crippen molar-refractivity contribution in [3.63, 3.8) is 0 Å². The van der Waals surface area contributed by atoms with Crippen LogP contribution in [-0.2, 0) is 0 Å². The average Bonchev–Trinajstić information content (AvgIpc) is 2.67. The van der Waals surface area contributed by atoms with E-state index in [1.807, 2.05) is 6.92 Å². The lowest BCUT2D eigenvalue weighted by molar-refractivity contribution is 0.151. The van der Waals surface area contributed by atoms with Gasteiger partial charge in [0.1, 0.15) is 0 Å². The van der Waals surface area contributed by atoms with Gasteiger partial charge in [-0.2, -0.15) is 4.98 Å². The van der Waals surface area contributed by atoms with E-state index in [-0.39, 0.29) is 5.92 Å². The number of hydrogen-bond donors (Lipinski definition) is 1. The minimum atomic E-state index is -0.445. The molecule has 1 aromatic rings. The second-order valence-corrected chi connectivity index (χ2v) is 4.34. The van der Waals surface area contributed by atoms with Crippen LogP contribution in [-0.4, -0.2) is 21.4 Å². The Morgan fingerprint density at radius 2 is 2.14 bits per heavy atom. The molecule has 4 atom stereocenters. The molecule has 4 heteroatoms. The van der Waals surface area contributed by atoms with E-state index in [1.165, 1.54) is 0 Å². The number of hydrogen-bond acceptors (Lipinski definition) is 4. The summed E-state index contributed by atoms with van der Waals surface area (Å²) in [6.07, 6.45) is 0.710. The summed E-state index contributed by atoms with van der Waals surface area (Å²) < 4.78 is 5.12. The van der Waals surface area contributed by atoms with Gasteiger partial charge in [-0.15, -0.1) is 0 Å². The van der Waals surface area contributed by atoms with Crippen LogP contribution < -0.4 is 0 Å². The lowest BCUT2D eigenvalue weighted by Gasteiger charge is -2.07. The predicted molar refractivity (Wildman–Crippen MR) is 50.9 cm³/mol. The molecule has 1 aromatic heterocycles. The molecule has 1 N–H and O–H groups in total. The third kappa shape index (κ3) is 1.66. The van der Waals surface area contributed by atoms with Crippen molar-refractivity contribution < 1.29 is 9.63 Å². The van der Waals surface area contributed by atoms with Gasteiger partial charge in [-0.3, -0.25) is 0 Å². The fourth-order valence-electron chi connectivity index (χ4n) is 1.47. The van der Waals surface area contributed by atoms with Gasteiger partial charge >= 0.3 is 0 Å². The van der Waals surface area contributed by atoms with Gasteiger partial charge in [-0.1, -0.05) is 19.0 Å². The number of aliphatic hydroxyl groups excluding tert-OH is 1. The molecule has 0 bridgehead atoms. The van der Waals surface area contributed by atoms with Gasteiger partial charge in [0.2, 0.25) is 5.89 Å². The highest BCUT2D eigenvalue weighted by molar-refractivity contribution is 5.08. The molecule has 14 heavy (non-hydrogen) atoms. The van der Waals surface area contributed by atoms with Gasteiger partial charge in [0, 0.05) is 5.92 Å². The maximum absolute atomic E-state index is 9.36. The van der Waals surface area contributed by atoms with Gasteiger partial charge in [-0.05, 0) is 19.3 Å². The molecule has 1 saturated carbocycles. The first-order valence-corrected chi connectivity index (χ1v) is 5.11. The largest absolute Gasteiger partial charge is 0.393 e. The van der Waals surface area contributed by atoms with Crippen LogP contribution in [0.1, 0.15) is 50.7 Å². The number of aromatic nitrogens is 2. The molecule has 1 aliphatic rings. The maximum Gasteiger partial charge on any atom is 0.232 e. The van der Waals surface area contributed by atoms with E-state index >= 15 is 0 Å². The molecular weight excluding hydrogens is 180 g/mol. The van der Waals surface area contributed by atoms with E-state index < -0.39 is 6.10 Å². The van der Waals surface area contributed by atoms with Crippen LogP contribution in [0.15, 0.2) is 4.52 Å². The molecule has 2 rings (SSSR count). The van der Waals surface area contributed by atoms with Crippen molar-refractivity contribution in [3.05, 3.63) is 11.7 Å². The molecule has 1 heterocycles. The highest BCUT2D eigenvalue weighted by Gasteiger charge is 2.38. The smallest absolute Gasteiger partial charge is 0.232 e. The van der Waals surface area contributed by atoms with Crippen molar-refractivity contribution in [2.24, 2.45) is 5.92 Å². The molecule has 0 aliphatic heterocycles. The van der Waals surface area contributed by atoms with Gasteiger partial charge < -0.3 is 9.63 Å². The van der Waals surface area contributed by atoms with Crippen molar-refractivity contribution in [2.75, 3.05) is 0 Å². The minimum absolute atomic E-state index is 0.0784. The SMILES string of the molecule is CC(O)C(C)c1nc(C2CC2C)no1. The zero-order valence-corrected chi connectivity index (χ0v) is 8.77. The Kier molecular flexibility index (Phi) is 2.31. The quantitative estimate of drug-likeness (QED) is 0.799.